The lowest BCUT2D eigenvalue weighted by Crippen LogP contribution is -2.38. The van der Waals surface area contributed by atoms with Gasteiger partial charge in [0.15, 0.2) is 0 Å². The quantitative estimate of drug-likeness (QED) is 0.582. The number of aromatic nitrogens is 1. The van der Waals surface area contributed by atoms with E-state index >= 15 is 0 Å². The fraction of sp³-hybridized carbons (Fsp3) is 0.300. The van der Waals surface area contributed by atoms with Crippen molar-refractivity contribution < 1.29 is 4.79 Å². The van der Waals surface area contributed by atoms with Gasteiger partial charge in [-0.25, -0.2) is 4.98 Å². The summed E-state index contributed by atoms with van der Waals surface area (Å²) in [6.45, 7) is 2.03. The van der Waals surface area contributed by atoms with Crippen molar-refractivity contribution in [3.05, 3.63) is 56.5 Å². The Morgan fingerprint density at radius 2 is 2.04 bits per heavy atom. The summed E-state index contributed by atoms with van der Waals surface area (Å²) in [6.07, 6.45) is 4.08. The monoisotopic (exact) mass is 383 g/mol. The van der Waals surface area contributed by atoms with Gasteiger partial charge in [-0.15, -0.1) is 11.3 Å². The Bertz CT molecular complexity index is 1060. The number of carbonyl (C=O) groups is 1. The highest BCUT2D eigenvalue weighted by Crippen LogP contribution is 2.42. The SMILES string of the molecule is Cc1ccc2cc([C@H]3NC(=O)c4c(sc5c4CCCC5)N3)c(Cl)nc2c1. The van der Waals surface area contributed by atoms with E-state index in [9.17, 15) is 4.79 Å². The van der Waals surface area contributed by atoms with Gasteiger partial charge in [0.25, 0.3) is 5.91 Å². The lowest BCUT2D eigenvalue weighted by molar-refractivity contribution is 0.0935. The second-order valence-electron chi connectivity index (χ2n) is 7.03. The number of fused-ring (bicyclic) bond motifs is 4. The van der Waals surface area contributed by atoms with Gasteiger partial charge in [0.2, 0.25) is 0 Å². The van der Waals surface area contributed by atoms with E-state index in [0.29, 0.717) is 5.15 Å². The highest BCUT2D eigenvalue weighted by Gasteiger charge is 2.33. The fourth-order valence-corrected chi connectivity index (χ4v) is 5.48. The molecule has 2 N–H and O–H groups in total. The molecule has 1 amide bonds. The molecule has 2 aliphatic rings. The first-order valence-corrected chi connectivity index (χ1v) is 10.1. The molecule has 1 aliphatic heterocycles. The number of pyridine rings is 1. The molecule has 1 aliphatic carbocycles. The van der Waals surface area contributed by atoms with E-state index in [1.807, 2.05) is 25.1 Å². The van der Waals surface area contributed by atoms with E-state index in [-0.39, 0.29) is 12.1 Å². The molecule has 0 fully saturated rings. The summed E-state index contributed by atoms with van der Waals surface area (Å²) >= 11 is 8.18. The molecule has 0 radical (unpaired) electrons. The largest absolute Gasteiger partial charge is 0.353 e. The Morgan fingerprint density at radius 1 is 1.19 bits per heavy atom. The van der Waals surface area contributed by atoms with Crippen LogP contribution in [-0.2, 0) is 12.8 Å². The third-order valence-corrected chi connectivity index (χ3v) is 6.74. The number of halogens is 1. The first kappa shape index (κ1) is 16.1. The van der Waals surface area contributed by atoms with Crippen molar-refractivity contribution in [1.82, 2.24) is 10.3 Å². The van der Waals surface area contributed by atoms with Gasteiger partial charge in [0.05, 0.1) is 11.1 Å². The summed E-state index contributed by atoms with van der Waals surface area (Å²) < 4.78 is 0. The number of aryl methyl sites for hydroxylation is 2. The topological polar surface area (TPSA) is 54.0 Å². The number of anilines is 1. The molecular formula is C20H18ClN3OS. The molecule has 1 aromatic carbocycles. The molecular weight excluding hydrogens is 366 g/mol. The predicted octanol–water partition coefficient (Wildman–Crippen LogP) is 4.99. The zero-order chi connectivity index (χ0) is 17.8. The molecule has 5 rings (SSSR count). The van der Waals surface area contributed by atoms with Gasteiger partial charge in [-0.3, -0.25) is 4.79 Å². The van der Waals surface area contributed by atoms with Crippen LogP contribution in [0, 0.1) is 6.92 Å². The Labute approximate surface area is 160 Å². The van der Waals surface area contributed by atoms with Gasteiger partial charge >= 0.3 is 0 Å². The number of carbonyl (C=O) groups excluding carboxylic acids is 1. The van der Waals surface area contributed by atoms with Crippen LogP contribution in [0.25, 0.3) is 10.9 Å². The van der Waals surface area contributed by atoms with Gasteiger partial charge in [-0.2, -0.15) is 0 Å². The van der Waals surface area contributed by atoms with Crippen LogP contribution in [0.5, 0.6) is 0 Å². The molecule has 3 heterocycles. The number of thiophene rings is 1. The molecule has 0 unspecified atom stereocenters. The third-order valence-electron chi connectivity index (χ3n) is 5.21. The highest BCUT2D eigenvalue weighted by molar-refractivity contribution is 7.16. The fourth-order valence-electron chi connectivity index (χ4n) is 3.91. The standard InChI is InChI=1S/C20H18ClN3OS/c1-10-6-7-11-9-13(17(21)22-14(11)8-10)18-23-19(25)16-12-4-2-3-5-15(12)26-20(16)24-18/h6-9,18,24H,2-5H2,1H3,(H,23,25)/t18-/m0/s1. The highest BCUT2D eigenvalue weighted by atomic mass is 35.5. The number of nitrogens with zero attached hydrogens (tertiary/aromatic N) is 1. The molecule has 0 saturated carbocycles. The summed E-state index contributed by atoms with van der Waals surface area (Å²) in [5, 5.41) is 8.96. The number of hydrogen-bond donors (Lipinski definition) is 2. The second-order valence-corrected chi connectivity index (χ2v) is 8.49. The first-order chi connectivity index (χ1) is 12.6. The molecule has 4 nitrogen and oxygen atoms in total. The van der Waals surface area contributed by atoms with Gasteiger partial charge < -0.3 is 10.6 Å². The minimum Gasteiger partial charge on any atom is -0.353 e. The smallest absolute Gasteiger partial charge is 0.256 e. The van der Waals surface area contributed by atoms with Crippen LogP contribution in [0.4, 0.5) is 5.00 Å². The molecule has 6 heteroatoms. The van der Waals surface area contributed by atoms with Crippen LogP contribution in [0.3, 0.4) is 0 Å². The number of benzene rings is 1. The number of hydrogen-bond acceptors (Lipinski definition) is 4. The molecule has 26 heavy (non-hydrogen) atoms. The molecule has 3 aromatic rings. The van der Waals surface area contributed by atoms with Crippen molar-refractivity contribution in [1.29, 1.82) is 0 Å². The van der Waals surface area contributed by atoms with Crippen LogP contribution in [0.15, 0.2) is 24.3 Å². The Morgan fingerprint density at radius 3 is 2.92 bits per heavy atom. The van der Waals surface area contributed by atoms with E-state index < -0.39 is 0 Å². The second kappa shape index (κ2) is 5.96. The molecule has 0 saturated heterocycles. The van der Waals surface area contributed by atoms with E-state index in [1.54, 1.807) is 11.3 Å². The number of rotatable bonds is 1. The zero-order valence-corrected chi connectivity index (χ0v) is 15.9. The summed E-state index contributed by atoms with van der Waals surface area (Å²) in [4.78, 5) is 18.7. The first-order valence-electron chi connectivity index (χ1n) is 8.89. The van der Waals surface area contributed by atoms with Crippen LogP contribution >= 0.6 is 22.9 Å². The molecule has 2 aromatic heterocycles. The van der Waals surface area contributed by atoms with E-state index in [4.69, 9.17) is 11.6 Å². The summed E-state index contributed by atoms with van der Waals surface area (Å²) in [6, 6.07) is 8.13. The lowest BCUT2D eigenvalue weighted by atomic mass is 9.94. The summed E-state index contributed by atoms with van der Waals surface area (Å²) in [7, 11) is 0. The Kier molecular flexibility index (Phi) is 3.69. The average Bonchev–Trinajstić information content (AvgIpc) is 2.99. The van der Waals surface area contributed by atoms with Crippen molar-refractivity contribution >= 4 is 44.7 Å². The van der Waals surface area contributed by atoms with Gasteiger partial charge in [-0.1, -0.05) is 23.7 Å². The summed E-state index contributed by atoms with van der Waals surface area (Å²) in [5.41, 5.74) is 4.88. The molecule has 1 atom stereocenters. The van der Waals surface area contributed by atoms with Crippen LogP contribution in [0.1, 0.15) is 50.9 Å². The summed E-state index contributed by atoms with van der Waals surface area (Å²) in [5.74, 6) is -0.0109. The average molecular weight is 384 g/mol. The van der Waals surface area contributed by atoms with Gasteiger partial charge in [0, 0.05) is 15.8 Å². The van der Waals surface area contributed by atoms with E-state index in [2.05, 4.69) is 21.7 Å². The molecule has 0 spiro atoms. The van der Waals surface area contributed by atoms with Gasteiger partial charge in [0.1, 0.15) is 16.3 Å². The molecule has 0 bridgehead atoms. The predicted molar refractivity (Wildman–Crippen MR) is 106 cm³/mol. The van der Waals surface area contributed by atoms with Crippen molar-refractivity contribution in [3.8, 4) is 0 Å². The molecule has 132 valence electrons. The minimum atomic E-state index is -0.360. The maximum Gasteiger partial charge on any atom is 0.256 e. The number of nitrogens with one attached hydrogen (secondary N) is 2. The van der Waals surface area contributed by atoms with Crippen molar-refractivity contribution in [2.75, 3.05) is 5.32 Å². The maximum absolute atomic E-state index is 12.8. The van der Waals surface area contributed by atoms with E-state index in [1.165, 1.54) is 16.9 Å². The lowest BCUT2D eigenvalue weighted by Gasteiger charge is -2.27. The minimum absolute atomic E-state index is 0.0109. The number of amides is 1. The zero-order valence-electron chi connectivity index (χ0n) is 14.4. The normalized spacial score (nSPS) is 18.8. The maximum atomic E-state index is 12.8. The van der Waals surface area contributed by atoms with Crippen molar-refractivity contribution in [3.63, 3.8) is 0 Å². The van der Waals surface area contributed by atoms with Gasteiger partial charge in [-0.05, 0) is 55.9 Å². The van der Waals surface area contributed by atoms with E-state index in [0.717, 1.165) is 51.9 Å². The Hall–Kier alpha value is -2.11. The van der Waals surface area contributed by atoms with Crippen molar-refractivity contribution in [2.24, 2.45) is 0 Å². The third kappa shape index (κ3) is 2.49. The van der Waals surface area contributed by atoms with Crippen LogP contribution in [-0.4, -0.2) is 10.9 Å². The Balaban J connectivity index is 1.57. The van der Waals surface area contributed by atoms with Crippen molar-refractivity contribution in [2.45, 2.75) is 38.8 Å². The van der Waals surface area contributed by atoms with Crippen LogP contribution < -0.4 is 10.6 Å². The van der Waals surface area contributed by atoms with Crippen LogP contribution in [0.2, 0.25) is 5.15 Å².